The Balaban J connectivity index is 1.36. The summed E-state index contributed by atoms with van der Waals surface area (Å²) in [5, 5.41) is 9.81. The lowest BCUT2D eigenvalue weighted by molar-refractivity contribution is -0.134. The number of benzene rings is 2. The predicted octanol–water partition coefficient (Wildman–Crippen LogP) is 2.20. The van der Waals surface area contributed by atoms with Gasteiger partial charge in [-0.25, -0.2) is 9.48 Å². The molecule has 8 nitrogen and oxygen atoms in total. The van der Waals surface area contributed by atoms with Crippen LogP contribution in [0.2, 0.25) is 0 Å². The number of carbonyl (C=O) groups excluding carboxylic acids is 3. The van der Waals surface area contributed by atoms with Crippen LogP contribution in [0.15, 0.2) is 67.0 Å². The number of fused-ring (bicyclic) bond motifs is 2. The fraction of sp³-hybridized carbons (Fsp3) is 0.182. The summed E-state index contributed by atoms with van der Waals surface area (Å²) in [5.41, 5.74) is 2.02. The van der Waals surface area contributed by atoms with E-state index in [4.69, 9.17) is 0 Å². The normalized spacial score (nSPS) is 19.8. The largest absolute Gasteiger partial charge is 0.325 e. The third kappa shape index (κ3) is 2.76. The van der Waals surface area contributed by atoms with Gasteiger partial charge in [-0.2, -0.15) is 5.10 Å². The van der Waals surface area contributed by atoms with Crippen molar-refractivity contribution in [2.75, 3.05) is 11.9 Å². The van der Waals surface area contributed by atoms with E-state index >= 15 is 0 Å². The summed E-state index contributed by atoms with van der Waals surface area (Å²) < 4.78 is 1.63. The van der Waals surface area contributed by atoms with Gasteiger partial charge in [0.1, 0.15) is 12.1 Å². The lowest BCUT2D eigenvalue weighted by Crippen LogP contribution is -2.43. The fourth-order valence-corrected chi connectivity index (χ4v) is 4.26. The maximum absolute atomic E-state index is 13.2. The first-order chi connectivity index (χ1) is 14.6. The van der Waals surface area contributed by atoms with Crippen LogP contribution in [0.25, 0.3) is 5.69 Å². The quantitative estimate of drug-likeness (QED) is 0.655. The van der Waals surface area contributed by atoms with Gasteiger partial charge in [-0.05, 0) is 42.2 Å². The van der Waals surface area contributed by atoms with Crippen molar-refractivity contribution < 1.29 is 14.4 Å². The molecule has 8 heteroatoms. The van der Waals surface area contributed by atoms with E-state index < -0.39 is 17.5 Å². The first-order valence-corrected chi connectivity index (χ1v) is 9.70. The molecular weight excluding hydrogens is 382 g/mol. The van der Waals surface area contributed by atoms with E-state index in [-0.39, 0.29) is 12.5 Å². The van der Waals surface area contributed by atoms with Gasteiger partial charge in [-0.1, -0.05) is 36.4 Å². The molecule has 1 spiro atoms. The molecule has 1 atom stereocenters. The summed E-state index contributed by atoms with van der Waals surface area (Å²) in [6, 6.07) is 16.0. The molecule has 2 heterocycles. The molecule has 1 saturated heterocycles. The number of aryl methyl sites for hydroxylation is 1. The molecule has 3 aromatic rings. The molecule has 1 aliphatic heterocycles. The molecule has 1 aliphatic carbocycles. The van der Waals surface area contributed by atoms with E-state index in [1.807, 2.05) is 36.4 Å². The molecule has 2 N–H and O–H groups in total. The summed E-state index contributed by atoms with van der Waals surface area (Å²) >= 11 is 0. The minimum atomic E-state index is -1.07. The molecule has 0 bridgehead atoms. The highest BCUT2D eigenvalue weighted by Gasteiger charge is 2.55. The average Bonchev–Trinajstić information content (AvgIpc) is 3.46. The Morgan fingerprint density at radius 3 is 2.73 bits per heavy atom. The number of para-hydroxylation sites is 2. The van der Waals surface area contributed by atoms with Crippen LogP contribution in [0, 0.1) is 0 Å². The molecule has 0 saturated carbocycles. The second-order valence-corrected chi connectivity index (χ2v) is 7.40. The van der Waals surface area contributed by atoms with E-state index in [9.17, 15) is 14.4 Å². The van der Waals surface area contributed by atoms with Crippen molar-refractivity contribution in [2.24, 2.45) is 0 Å². The minimum absolute atomic E-state index is 0.359. The van der Waals surface area contributed by atoms with Crippen LogP contribution >= 0.6 is 0 Å². The topological polar surface area (TPSA) is 96.3 Å². The highest BCUT2D eigenvalue weighted by Crippen LogP contribution is 2.41. The zero-order chi connectivity index (χ0) is 20.7. The third-order valence-corrected chi connectivity index (χ3v) is 5.65. The molecular formula is C22H19N5O3. The van der Waals surface area contributed by atoms with Crippen LogP contribution in [0.5, 0.6) is 0 Å². The second-order valence-electron chi connectivity index (χ2n) is 7.40. The Labute approximate surface area is 172 Å². The SMILES string of the molecule is O=C(CN1C(=O)NC2(CCc3ccccc32)C1=O)Nc1ccccc1-n1cccn1. The molecule has 30 heavy (non-hydrogen) atoms. The number of nitrogens with zero attached hydrogens (tertiary/aromatic N) is 3. The predicted molar refractivity (Wildman–Crippen MR) is 109 cm³/mol. The van der Waals surface area contributed by atoms with Gasteiger partial charge in [-0.15, -0.1) is 0 Å². The van der Waals surface area contributed by atoms with Gasteiger partial charge in [-0.3, -0.25) is 14.5 Å². The molecule has 1 fully saturated rings. The van der Waals surface area contributed by atoms with Gasteiger partial charge in [0.25, 0.3) is 5.91 Å². The monoisotopic (exact) mass is 401 g/mol. The van der Waals surface area contributed by atoms with E-state index in [1.54, 1.807) is 35.3 Å². The zero-order valence-corrected chi connectivity index (χ0v) is 16.0. The van der Waals surface area contributed by atoms with E-state index in [1.165, 1.54) is 0 Å². The molecule has 150 valence electrons. The van der Waals surface area contributed by atoms with Crippen LogP contribution in [0.3, 0.4) is 0 Å². The standard InChI is InChI=1S/C22H19N5O3/c28-19(24-17-8-3-4-9-18(17)27-13-5-12-23-27)14-26-20(29)22(25-21(26)30)11-10-15-6-1-2-7-16(15)22/h1-9,12-13H,10-11,14H2,(H,24,28)(H,25,30). The Kier molecular flexibility index (Phi) is 4.13. The zero-order valence-electron chi connectivity index (χ0n) is 16.0. The van der Waals surface area contributed by atoms with Crippen LogP contribution in [-0.4, -0.2) is 39.1 Å². The van der Waals surface area contributed by atoms with Gasteiger partial charge in [0.2, 0.25) is 5.91 Å². The molecule has 1 unspecified atom stereocenters. The smallest absolute Gasteiger partial charge is 0.323 e. The Morgan fingerprint density at radius 1 is 1.10 bits per heavy atom. The van der Waals surface area contributed by atoms with E-state index in [0.717, 1.165) is 16.0 Å². The summed E-state index contributed by atoms with van der Waals surface area (Å²) in [6.45, 7) is -0.359. The number of carbonyl (C=O) groups is 3. The van der Waals surface area contributed by atoms with Crippen molar-refractivity contribution in [2.45, 2.75) is 18.4 Å². The number of imide groups is 1. The van der Waals surface area contributed by atoms with Crippen molar-refractivity contribution in [1.82, 2.24) is 20.0 Å². The van der Waals surface area contributed by atoms with Gasteiger partial charge >= 0.3 is 6.03 Å². The first-order valence-electron chi connectivity index (χ1n) is 9.70. The summed E-state index contributed by atoms with van der Waals surface area (Å²) in [5.74, 6) is -0.839. The number of hydrogen-bond acceptors (Lipinski definition) is 4. The van der Waals surface area contributed by atoms with Crippen molar-refractivity contribution in [1.29, 1.82) is 0 Å². The third-order valence-electron chi connectivity index (χ3n) is 5.65. The number of aromatic nitrogens is 2. The molecule has 0 radical (unpaired) electrons. The van der Waals surface area contributed by atoms with Gasteiger partial charge in [0, 0.05) is 12.4 Å². The van der Waals surface area contributed by atoms with Gasteiger partial charge in [0.05, 0.1) is 11.4 Å². The van der Waals surface area contributed by atoms with Crippen LogP contribution < -0.4 is 10.6 Å². The molecule has 2 aromatic carbocycles. The molecule has 1 aromatic heterocycles. The summed E-state index contributed by atoms with van der Waals surface area (Å²) in [4.78, 5) is 39.5. The Morgan fingerprint density at radius 2 is 1.90 bits per heavy atom. The first kappa shape index (κ1) is 18.1. The van der Waals surface area contributed by atoms with Crippen molar-refractivity contribution in [3.05, 3.63) is 78.1 Å². The summed E-state index contributed by atoms with van der Waals surface area (Å²) in [6.07, 6.45) is 4.62. The maximum atomic E-state index is 13.2. The second kappa shape index (κ2) is 6.84. The number of rotatable bonds is 4. The number of nitrogens with one attached hydrogen (secondary N) is 2. The van der Waals surface area contributed by atoms with Gasteiger partial charge < -0.3 is 10.6 Å². The van der Waals surface area contributed by atoms with E-state index in [2.05, 4.69) is 15.7 Å². The van der Waals surface area contributed by atoms with Crippen LogP contribution in [0.4, 0.5) is 10.5 Å². The molecule has 4 amide bonds. The van der Waals surface area contributed by atoms with Crippen LogP contribution in [0.1, 0.15) is 17.5 Å². The number of urea groups is 1. The Hall–Kier alpha value is -3.94. The van der Waals surface area contributed by atoms with Crippen molar-refractivity contribution >= 4 is 23.5 Å². The molecule has 2 aliphatic rings. The average molecular weight is 401 g/mol. The van der Waals surface area contributed by atoms with Crippen molar-refractivity contribution in [3.8, 4) is 5.69 Å². The van der Waals surface area contributed by atoms with Crippen molar-refractivity contribution in [3.63, 3.8) is 0 Å². The lowest BCUT2D eigenvalue weighted by atomic mass is 9.92. The van der Waals surface area contributed by atoms with Crippen LogP contribution in [-0.2, 0) is 21.5 Å². The highest BCUT2D eigenvalue weighted by molar-refractivity contribution is 6.11. The summed E-state index contributed by atoms with van der Waals surface area (Å²) in [7, 11) is 0. The maximum Gasteiger partial charge on any atom is 0.325 e. The lowest BCUT2D eigenvalue weighted by Gasteiger charge is -2.22. The molecule has 5 rings (SSSR count). The number of hydrogen-bond donors (Lipinski definition) is 2. The fourth-order valence-electron chi connectivity index (χ4n) is 4.26. The number of anilines is 1. The van der Waals surface area contributed by atoms with Gasteiger partial charge in [0.15, 0.2) is 0 Å². The minimum Gasteiger partial charge on any atom is -0.323 e. The van der Waals surface area contributed by atoms with E-state index in [0.29, 0.717) is 24.2 Å². The number of amides is 4. The highest BCUT2D eigenvalue weighted by atomic mass is 16.2. The Bertz CT molecular complexity index is 1160.